The van der Waals surface area contributed by atoms with Crippen molar-refractivity contribution in [2.75, 3.05) is 13.1 Å². The van der Waals surface area contributed by atoms with E-state index in [0.717, 1.165) is 31.8 Å². The van der Waals surface area contributed by atoms with Crippen molar-refractivity contribution in [3.63, 3.8) is 0 Å². The number of carbonyl (C=O) groups is 1. The Morgan fingerprint density at radius 3 is 2.75 bits per heavy atom. The molecule has 12 heavy (non-hydrogen) atoms. The third kappa shape index (κ3) is 2.21. The molecule has 2 N–H and O–H groups in total. The molecule has 3 nitrogen and oxygen atoms in total. The Kier molecular flexibility index (Phi) is 2.30. The molecule has 0 bridgehead atoms. The minimum absolute atomic E-state index is 0.216. The maximum atomic E-state index is 10.8. The summed E-state index contributed by atoms with van der Waals surface area (Å²) in [4.78, 5) is 10.8. The highest BCUT2D eigenvalue weighted by molar-refractivity contribution is 5.78. The summed E-state index contributed by atoms with van der Waals surface area (Å²) in [5.41, 5.74) is 0. The maximum absolute atomic E-state index is 10.8. The van der Waals surface area contributed by atoms with E-state index < -0.39 is 0 Å². The first-order valence-corrected chi connectivity index (χ1v) is 4.84. The monoisotopic (exact) mass is 168 g/mol. The van der Waals surface area contributed by atoms with Crippen molar-refractivity contribution < 1.29 is 4.79 Å². The van der Waals surface area contributed by atoms with Crippen molar-refractivity contribution in [1.29, 1.82) is 0 Å². The lowest BCUT2D eigenvalue weighted by Crippen LogP contribution is -2.36. The summed E-state index contributed by atoms with van der Waals surface area (Å²) in [6.45, 7) is 2.11. The van der Waals surface area contributed by atoms with Gasteiger partial charge in [-0.15, -0.1) is 0 Å². The molecular weight excluding hydrogens is 152 g/mol. The third-order valence-electron chi connectivity index (χ3n) is 2.61. The number of nitrogens with one attached hydrogen (secondary N) is 2. The van der Waals surface area contributed by atoms with Crippen LogP contribution in [-0.4, -0.2) is 25.0 Å². The van der Waals surface area contributed by atoms with Crippen LogP contribution in [0.2, 0.25) is 0 Å². The van der Waals surface area contributed by atoms with Crippen LogP contribution in [0.4, 0.5) is 0 Å². The first kappa shape index (κ1) is 8.05. The topological polar surface area (TPSA) is 41.1 Å². The second-order valence-corrected chi connectivity index (χ2v) is 3.90. The summed E-state index contributed by atoms with van der Waals surface area (Å²) >= 11 is 0. The molecule has 2 fully saturated rings. The van der Waals surface area contributed by atoms with E-state index in [-0.39, 0.29) is 5.91 Å². The van der Waals surface area contributed by atoms with E-state index in [1.807, 2.05) is 0 Å². The van der Waals surface area contributed by atoms with Gasteiger partial charge in [0.1, 0.15) is 0 Å². The lowest BCUT2D eigenvalue weighted by Gasteiger charge is -2.10. The van der Waals surface area contributed by atoms with Crippen LogP contribution in [0.3, 0.4) is 0 Å². The van der Waals surface area contributed by atoms with Gasteiger partial charge in [0.25, 0.3) is 0 Å². The summed E-state index contributed by atoms with van der Waals surface area (Å²) in [5, 5.41) is 6.34. The number of amides is 1. The van der Waals surface area contributed by atoms with Gasteiger partial charge in [-0.25, -0.2) is 0 Å². The molecule has 0 aromatic carbocycles. The summed E-state index contributed by atoms with van der Waals surface area (Å²) < 4.78 is 0. The first-order chi connectivity index (χ1) is 5.84. The van der Waals surface area contributed by atoms with Crippen LogP contribution in [0.1, 0.15) is 25.7 Å². The Labute approximate surface area is 72.9 Å². The molecule has 3 heteroatoms. The van der Waals surface area contributed by atoms with Crippen molar-refractivity contribution in [2.24, 2.45) is 5.92 Å². The number of hydrogen-bond donors (Lipinski definition) is 2. The summed E-state index contributed by atoms with van der Waals surface area (Å²) in [6.07, 6.45) is 4.51. The van der Waals surface area contributed by atoms with Crippen molar-refractivity contribution in [3.8, 4) is 0 Å². The van der Waals surface area contributed by atoms with Gasteiger partial charge < -0.3 is 10.6 Å². The molecule has 1 unspecified atom stereocenters. The Morgan fingerprint density at radius 1 is 1.33 bits per heavy atom. The number of carbonyl (C=O) groups excluding carboxylic acids is 1. The van der Waals surface area contributed by atoms with Gasteiger partial charge in [-0.1, -0.05) is 0 Å². The highest BCUT2D eigenvalue weighted by Gasteiger charge is 2.23. The third-order valence-corrected chi connectivity index (χ3v) is 2.61. The van der Waals surface area contributed by atoms with Crippen LogP contribution in [0.5, 0.6) is 0 Å². The highest BCUT2D eigenvalue weighted by Crippen LogP contribution is 2.27. The Morgan fingerprint density at radius 2 is 2.17 bits per heavy atom. The average Bonchev–Trinajstić information content (AvgIpc) is 2.76. The number of rotatable bonds is 4. The number of hydrogen-bond acceptors (Lipinski definition) is 2. The largest absolute Gasteiger partial charge is 0.352 e. The van der Waals surface area contributed by atoms with E-state index in [2.05, 4.69) is 10.6 Å². The second-order valence-electron chi connectivity index (χ2n) is 3.90. The normalized spacial score (nSPS) is 29.0. The molecule has 1 aliphatic heterocycles. The molecule has 1 amide bonds. The van der Waals surface area contributed by atoms with Crippen molar-refractivity contribution in [1.82, 2.24) is 10.6 Å². The second kappa shape index (κ2) is 3.44. The Bertz CT molecular complexity index is 177. The molecule has 0 radical (unpaired) electrons. The standard InChI is InChI=1S/C9H16N2O/c12-9-4-3-8(11-9)6-10-5-7-1-2-7/h7-8,10H,1-6H2,(H,11,12). The fourth-order valence-electron chi connectivity index (χ4n) is 1.61. The van der Waals surface area contributed by atoms with Crippen LogP contribution in [-0.2, 0) is 4.79 Å². The smallest absolute Gasteiger partial charge is 0.220 e. The molecule has 68 valence electrons. The van der Waals surface area contributed by atoms with Crippen LogP contribution in [0.15, 0.2) is 0 Å². The van der Waals surface area contributed by atoms with Crippen LogP contribution in [0.25, 0.3) is 0 Å². The van der Waals surface area contributed by atoms with Gasteiger partial charge in [0.05, 0.1) is 0 Å². The van der Waals surface area contributed by atoms with Gasteiger partial charge in [-0.05, 0) is 31.7 Å². The van der Waals surface area contributed by atoms with E-state index in [1.165, 1.54) is 12.8 Å². The quantitative estimate of drug-likeness (QED) is 0.632. The fraction of sp³-hybridized carbons (Fsp3) is 0.889. The first-order valence-electron chi connectivity index (χ1n) is 4.84. The van der Waals surface area contributed by atoms with E-state index in [1.54, 1.807) is 0 Å². The zero-order valence-electron chi connectivity index (χ0n) is 7.31. The van der Waals surface area contributed by atoms with Gasteiger partial charge in [0.2, 0.25) is 5.91 Å². The average molecular weight is 168 g/mol. The minimum atomic E-state index is 0.216. The van der Waals surface area contributed by atoms with E-state index >= 15 is 0 Å². The zero-order chi connectivity index (χ0) is 8.39. The Hall–Kier alpha value is -0.570. The molecule has 1 atom stereocenters. The molecule has 2 rings (SSSR count). The van der Waals surface area contributed by atoms with Crippen molar-refractivity contribution in [2.45, 2.75) is 31.7 Å². The molecule has 0 spiro atoms. The fourth-order valence-corrected chi connectivity index (χ4v) is 1.61. The Balaban J connectivity index is 1.56. The van der Waals surface area contributed by atoms with Crippen LogP contribution >= 0.6 is 0 Å². The molecule has 2 aliphatic rings. The van der Waals surface area contributed by atoms with Crippen molar-refractivity contribution >= 4 is 5.91 Å². The van der Waals surface area contributed by atoms with Gasteiger partial charge in [0, 0.05) is 19.0 Å². The minimum Gasteiger partial charge on any atom is -0.352 e. The lowest BCUT2D eigenvalue weighted by atomic mass is 10.2. The van der Waals surface area contributed by atoms with Gasteiger partial charge in [0.15, 0.2) is 0 Å². The zero-order valence-corrected chi connectivity index (χ0v) is 7.31. The summed E-state index contributed by atoms with van der Waals surface area (Å²) in [7, 11) is 0. The molecule has 1 saturated carbocycles. The van der Waals surface area contributed by atoms with E-state index in [0.29, 0.717) is 6.04 Å². The van der Waals surface area contributed by atoms with Gasteiger partial charge in [-0.2, -0.15) is 0 Å². The van der Waals surface area contributed by atoms with Gasteiger partial charge in [-0.3, -0.25) is 4.79 Å². The molecule has 0 aromatic heterocycles. The summed E-state index contributed by atoms with van der Waals surface area (Å²) in [5.74, 6) is 1.15. The molecule has 1 aliphatic carbocycles. The molecule has 1 heterocycles. The molecular formula is C9H16N2O. The lowest BCUT2D eigenvalue weighted by molar-refractivity contribution is -0.119. The SMILES string of the molecule is O=C1CCC(CNCC2CC2)N1. The summed E-state index contributed by atoms with van der Waals surface area (Å²) in [6, 6.07) is 0.399. The maximum Gasteiger partial charge on any atom is 0.220 e. The van der Waals surface area contributed by atoms with Crippen LogP contribution in [0, 0.1) is 5.92 Å². The predicted octanol–water partition coefficient (Wildman–Crippen LogP) is 0.265. The molecule has 0 aromatic rings. The van der Waals surface area contributed by atoms with Crippen molar-refractivity contribution in [3.05, 3.63) is 0 Å². The van der Waals surface area contributed by atoms with E-state index in [9.17, 15) is 4.79 Å². The predicted molar refractivity (Wildman–Crippen MR) is 46.8 cm³/mol. The molecule has 1 saturated heterocycles. The van der Waals surface area contributed by atoms with E-state index in [4.69, 9.17) is 0 Å². The van der Waals surface area contributed by atoms with Crippen LogP contribution < -0.4 is 10.6 Å². The van der Waals surface area contributed by atoms with Gasteiger partial charge >= 0.3 is 0 Å². The highest BCUT2D eigenvalue weighted by atomic mass is 16.1.